The highest BCUT2D eigenvalue weighted by atomic mass is 32.2. The van der Waals surface area contributed by atoms with Crippen LogP contribution in [0.1, 0.15) is 6.42 Å². The Morgan fingerprint density at radius 1 is 1.31 bits per heavy atom. The molecule has 0 atom stereocenters. The van der Waals surface area contributed by atoms with E-state index < -0.39 is 10.0 Å². The monoisotopic (exact) mass is 208 g/mol. The molecule has 5 nitrogen and oxygen atoms in total. The van der Waals surface area contributed by atoms with Gasteiger partial charge < -0.3 is 10.5 Å². The third-order valence-corrected chi connectivity index (χ3v) is 3.93. The Balaban J connectivity index is 2.47. The second-order valence-electron chi connectivity index (χ2n) is 2.97. The molecule has 1 aliphatic rings. The molecule has 0 aromatic rings. The van der Waals surface area contributed by atoms with Crippen LogP contribution >= 0.6 is 0 Å². The maximum atomic E-state index is 11.6. The van der Waals surface area contributed by atoms with Gasteiger partial charge in [-0.25, -0.2) is 8.42 Å². The molecule has 1 rings (SSSR count). The Bertz CT molecular complexity index is 234. The van der Waals surface area contributed by atoms with Gasteiger partial charge in [0.05, 0.1) is 19.0 Å². The maximum Gasteiger partial charge on any atom is 0.214 e. The lowest BCUT2D eigenvalue weighted by molar-refractivity contribution is 0.0730. The summed E-state index contributed by atoms with van der Waals surface area (Å²) in [6, 6.07) is 0. The molecule has 0 unspecified atom stereocenters. The van der Waals surface area contributed by atoms with Gasteiger partial charge in [0, 0.05) is 13.1 Å². The Morgan fingerprint density at radius 3 is 2.46 bits per heavy atom. The van der Waals surface area contributed by atoms with E-state index in [4.69, 9.17) is 10.5 Å². The van der Waals surface area contributed by atoms with Gasteiger partial charge in [-0.15, -0.1) is 0 Å². The molecular formula is C7H16N2O3S. The molecule has 2 N–H and O–H groups in total. The number of nitrogens with two attached hydrogens (primary N) is 1. The van der Waals surface area contributed by atoms with Crippen LogP contribution in [0.15, 0.2) is 0 Å². The van der Waals surface area contributed by atoms with Crippen molar-refractivity contribution in [2.24, 2.45) is 5.73 Å². The Morgan fingerprint density at radius 2 is 1.92 bits per heavy atom. The summed E-state index contributed by atoms with van der Waals surface area (Å²) in [5.41, 5.74) is 5.26. The minimum absolute atomic E-state index is 0.156. The smallest absolute Gasteiger partial charge is 0.214 e. The maximum absolute atomic E-state index is 11.6. The van der Waals surface area contributed by atoms with Gasteiger partial charge in [-0.3, -0.25) is 0 Å². The Kier molecular flexibility index (Phi) is 4.11. The summed E-state index contributed by atoms with van der Waals surface area (Å²) < 4.78 is 29.7. The van der Waals surface area contributed by atoms with Crippen LogP contribution in [0.4, 0.5) is 0 Å². The molecule has 0 radical (unpaired) electrons. The number of hydrogen-bond donors (Lipinski definition) is 1. The normalized spacial score (nSPS) is 20.4. The molecule has 0 saturated carbocycles. The zero-order valence-corrected chi connectivity index (χ0v) is 8.42. The number of nitrogens with zero attached hydrogens (tertiary/aromatic N) is 1. The molecule has 0 bridgehead atoms. The lowest BCUT2D eigenvalue weighted by Crippen LogP contribution is -2.42. The van der Waals surface area contributed by atoms with Crippen molar-refractivity contribution in [2.75, 3.05) is 38.6 Å². The molecule has 0 aromatic carbocycles. The highest BCUT2D eigenvalue weighted by Crippen LogP contribution is 2.06. The van der Waals surface area contributed by atoms with Crippen molar-refractivity contribution in [3.05, 3.63) is 0 Å². The first-order chi connectivity index (χ1) is 6.17. The summed E-state index contributed by atoms with van der Waals surface area (Å²) >= 11 is 0. The number of morpholine rings is 1. The van der Waals surface area contributed by atoms with Gasteiger partial charge in [-0.2, -0.15) is 4.31 Å². The van der Waals surface area contributed by atoms with E-state index in [2.05, 4.69) is 0 Å². The third-order valence-electron chi connectivity index (χ3n) is 1.97. The van der Waals surface area contributed by atoms with Crippen molar-refractivity contribution in [1.29, 1.82) is 0 Å². The Labute approximate surface area is 78.9 Å². The summed E-state index contributed by atoms with van der Waals surface area (Å²) in [4.78, 5) is 0. The van der Waals surface area contributed by atoms with Gasteiger partial charge in [0.15, 0.2) is 0 Å². The first-order valence-corrected chi connectivity index (χ1v) is 6.03. The van der Waals surface area contributed by atoms with Crippen molar-refractivity contribution in [2.45, 2.75) is 6.42 Å². The molecule has 1 fully saturated rings. The van der Waals surface area contributed by atoms with E-state index in [1.54, 1.807) is 0 Å². The van der Waals surface area contributed by atoms with E-state index in [0.29, 0.717) is 39.3 Å². The van der Waals surface area contributed by atoms with Crippen molar-refractivity contribution in [3.63, 3.8) is 0 Å². The molecule has 0 amide bonds. The highest BCUT2D eigenvalue weighted by Gasteiger charge is 2.23. The lowest BCUT2D eigenvalue weighted by atomic mass is 10.5. The van der Waals surface area contributed by atoms with Gasteiger partial charge in [0.1, 0.15) is 0 Å². The van der Waals surface area contributed by atoms with Crippen LogP contribution in [0, 0.1) is 0 Å². The summed E-state index contributed by atoms with van der Waals surface area (Å²) in [5, 5.41) is 0. The van der Waals surface area contributed by atoms with Gasteiger partial charge in [-0.05, 0) is 13.0 Å². The third kappa shape index (κ3) is 3.22. The summed E-state index contributed by atoms with van der Waals surface area (Å²) in [7, 11) is -3.07. The van der Waals surface area contributed by atoms with E-state index in [1.807, 2.05) is 0 Å². The molecule has 78 valence electrons. The first-order valence-electron chi connectivity index (χ1n) is 4.42. The van der Waals surface area contributed by atoms with Crippen LogP contribution in [0.25, 0.3) is 0 Å². The number of hydrogen-bond acceptors (Lipinski definition) is 4. The summed E-state index contributed by atoms with van der Waals surface area (Å²) in [5.74, 6) is 0.156. The Hall–Kier alpha value is -0.170. The van der Waals surface area contributed by atoms with Crippen molar-refractivity contribution in [1.82, 2.24) is 4.31 Å². The molecule has 13 heavy (non-hydrogen) atoms. The zero-order chi connectivity index (χ0) is 9.73. The van der Waals surface area contributed by atoms with Crippen LogP contribution < -0.4 is 5.73 Å². The van der Waals surface area contributed by atoms with Crippen molar-refractivity contribution >= 4 is 10.0 Å². The molecule has 6 heteroatoms. The minimum Gasteiger partial charge on any atom is -0.379 e. The molecule has 0 spiro atoms. The molecule has 0 aromatic heterocycles. The fourth-order valence-electron chi connectivity index (χ4n) is 1.22. The highest BCUT2D eigenvalue weighted by molar-refractivity contribution is 7.89. The van der Waals surface area contributed by atoms with E-state index in [9.17, 15) is 8.42 Å². The molecular weight excluding hydrogens is 192 g/mol. The van der Waals surface area contributed by atoms with Crippen molar-refractivity contribution < 1.29 is 13.2 Å². The molecule has 0 aliphatic carbocycles. The average Bonchev–Trinajstić information content (AvgIpc) is 2.16. The number of sulfonamides is 1. The van der Waals surface area contributed by atoms with Crippen LogP contribution in [-0.2, 0) is 14.8 Å². The summed E-state index contributed by atoms with van der Waals surface area (Å²) in [6.45, 7) is 2.38. The number of rotatable bonds is 4. The van der Waals surface area contributed by atoms with E-state index >= 15 is 0 Å². The van der Waals surface area contributed by atoms with Crippen LogP contribution in [-0.4, -0.2) is 51.3 Å². The lowest BCUT2D eigenvalue weighted by Gasteiger charge is -2.25. The van der Waals surface area contributed by atoms with E-state index in [0.717, 1.165) is 0 Å². The van der Waals surface area contributed by atoms with E-state index in [-0.39, 0.29) is 5.75 Å². The van der Waals surface area contributed by atoms with Gasteiger partial charge >= 0.3 is 0 Å². The van der Waals surface area contributed by atoms with Crippen LogP contribution in [0.3, 0.4) is 0 Å². The second-order valence-corrected chi connectivity index (χ2v) is 5.06. The fourth-order valence-corrected chi connectivity index (χ4v) is 2.71. The predicted molar refractivity (Wildman–Crippen MR) is 49.9 cm³/mol. The second kappa shape index (κ2) is 4.90. The number of ether oxygens (including phenoxy) is 1. The predicted octanol–water partition coefficient (Wildman–Crippen LogP) is -1.00. The standard InChI is InChI=1S/C7H16N2O3S/c8-2-1-7-13(10,11)9-3-5-12-6-4-9/h1-8H2. The van der Waals surface area contributed by atoms with Crippen LogP contribution in [0.5, 0.6) is 0 Å². The van der Waals surface area contributed by atoms with E-state index in [1.165, 1.54) is 4.31 Å². The average molecular weight is 208 g/mol. The topological polar surface area (TPSA) is 72.6 Å². The fraction of sp³-hybridized carbons (Fsp3) is 1.00. The molecule has 1 aliphatic heterocycles. The summed E-state index contributed by atoms with van der Waals surface area (Å²) in [6.07, 6.45) is 0.527. The largest absolute Gasteiger partial charge is 0.379 e. The van der Waals surface area contributed by atoms with Gasteiger partial charge in [0.25, 0.3) is 0 Å². The molecule has 1 heterocycles. The zero-order valence-electron chi connectivity index (χ0n) is 7.61. The van der Waals surface area contributed by atoms with Gasteiger partial charge in [0.2, 0.25) is 10.0 Å². The van der Waals surface area contributed by atoms with Crippen LogP contribution in [0.2, 0.25) is 0 Å². The van der Waals surface area contributed by atoms with Gasteiger partial charge in [-0.1, -0.05) is 0 Å². The minimum atomic E-state index is -3.07. The molecule has 1 saturated heterocycles. The van der Waals surface area contributed by atoms with Crippen molar-refractivity contribution in [3.8, 4) is 0 Å². The quantitative estimate of drug-likeness (QED) is 0.643. The SMILES string of the molecule is NCCCS(=O)(=O)N1CCOCC1. The first kappa shape index (κ1) is 10.9.